The van der Waals surface area contributed by atoms with E-state index in [4.69, 9.17) is 0 Å². The van der Waals surface area contributed by atoms with Crippen molar-refractivity contribution >= 4 is 66.4 Å². The van der Waals surface area contributed by atoms with Gasteiger partial charge in [-0.25, -0.2) is 0 Å². The van der Waals surface area contributed by atoms with Crippen LogP contribution in [0.25, 0.3) is 65.7 Å². The highest BCUT2D eigenvalue weighted by Gasteiger charge is 2.39. The maximum Gasteiger partial charge on any atom is 0.0502 e. The van der Waals surface area contributed by atoms with E-state index in [-0.39, 0.29) is 16.2 Å². The van der Waals surface area contributed by atoms with E-state index in [1.54, 1.807) is 0 Å². The first-order valence-electron chi connectivity index (χ1n) is 25.3. The Morgan fingerprint density at radius 1 is 0.268 bits per heavy atom. The third-order valence-electron chi connectivity index (χ3n) is 16.8. The van der Waals surface area contributed by atoms with Crippen molar-refractivity contribution in [2.45, 2.75) is 57.8 Å². The number of nitrogens with zero attached hydrogens (tertiary/aromatic N) is 2. The van der Waals surface area contributed by atoms with Crippen molar-refractivity contribution in [1.29, 1.82) is 0 Å². The summed E-state index contributed by atoms with van der Waals surface area (Å²) in [5.41, 5.74) is 22.4. The van der Waals surface area contributed by atoms with E-state index < -0.39 is 0 Å². The molecule has 0 fully saturated rings. The fourth-order valence-electron chi connectivity index (χ4n) is 13.3. The highest BCUT2D eigenvalue weighted by molar-refractivity contribution is 6.25. The van der Waals surface area contributed by atoms with Crippen LogP contribution in [0, 0.1) is 0 Å². The third-order valence-corrected chi connectivity index (χ3v) is 16.8. The van der Waals surface area contributed by atoms with Gasteiger partial charge in [-0.15, -0.1) is 0 Å². The van der Waals surface area contributed by atoms with Gasteiger partial charge in [0, 0.05) is 27.6 Å². The summed E-state index contributed by atoms with van der Waals surface area (Å²) in [7, 11) is 0. The minimum Gasteiger partial charge on any atom is -0.310 e. The van der Waals surface area contributed by atoms with Gasteiger partial charge in [-0.2, -0.15) is 0 Å². The molecule has 1 aliphatic carbocycles. The van der Waals surface area contributed by atoms with Gasteiger partial charge in [0.15, 0.2) is 0 Å². The molecule has 14 rings (SSSR count). The molecule has 0 bridgehead atoms. The molecule has 0 spiro atoms. The van der Waals surface area contributed by atoms with Gasteiger partial charge in [0.1, 0.15) is 0 Å². The lowest BCUT2D eigenvalue weighted by Gasteiger charge is -2.42. The van der Waals surface area contributed by atoms with Crippen LogP contribution in [0.15, 0.2) is 218 Å². The second kappa shape index (κ2) is 14.9. The smallest absolute Gasteiger partial charge is 0.0502 e. The second-order valence-electron chi connectivity index (χ2n) is 21.7. The standard InChI is InChI=1S/C69H54N2/c1-67(2)55-25-10-9-23-48(55)49-37-34-44(40-60(49)67)65-51-38-35-46(71-63-32-17-13-28-58(63)69(5,6)59-29-14-18-33-64(59)71)42-54(51)66(50-24-19-21-43-20-7-8-22-47(43)50)52-39-36-45(41-53(52)65)70-61-30-15-11-26-56(61)68(3,4)57-27-12-16-31-62(57)70/h7-42H,1-6H3. The molecule has 0 aromatic heterocycles. The minimum absolute atomic E-state index is 0.161. The number of hydrogen-bond acceptors (Lipinski definition) is 2. The van der Waals surface area contributed by atoms with Crippen LogP contribution < -0.4 is 9.80 Å². The molecule has 0 unspecified atom stereocenters. The Bertz CT molecular complexity index is 3950. The zero-order chi connectivity index (χ0) is 48.0. The molecule has 2 aliphatic heterocycles. The third kappa shape index (κ3) is 5.82. The maximum absolute atomic E-state index is 2.52. The Morgan fingerprint density at radius 3 is 1.24 bits per heavy atom. The quantitative estimate of drug-likeness (QED) is 0.162. The summed E-state index contributed by atoms with van der Waals surface area (Å²) in [4.78, 5) is 5.02. The van der Waals surface area contributed by atoms with E-state index in [1.807, 2.05) is 0 Å². The normalized spacial score (nSPS) is 15.5. The van der Waals surface area contributed by atoms with E-state index in [9.17, 15) is 0 Å². The Labute approximate surface area is 417 Å². The first-order valence-corrected chi connectivity index (χ1v) is 25.3. The van der Waals surface area contributed by atoms with Gasteiger partial charge < -0.3 is 9.80 Å². The van der Waals surface area contributed by atoms with Gasteiger partial charge in [0.2, 0.25) is 0 Å². The number of hydrogen-bond donors (Lipinski definition) is 0. The summed E-state index contributed by atoms with van der Waals surface area (Å²) in [5, 5.41) is 7.39. The molecule has 0 radical (unpaired) electrons. The molecule has 0 N–H and O–H groups in total. The van der Waals surface area contributed by atoms with Gasteiger partial charge in [-0.3, -0.25) is 0 Å². The average molecular weight is 911 g/mol. The highest BCUT2D eigenvalue weighted by Crippen LogP contribution is 2.57. The molecule has 2 heteroatoms. The molecule has 0 amide bonds. The van der Waals surface area contributed by atoms with Crippen LogP contribution in [0.2, 0.25) is 0 Å². The van der Waals surface area contributed by atoms with Crippen LogP contribution in [-0.2, 0) is 16.2 Å². The van der Waals surface area contributed by atoms with Gasteiger partial charge in [0.05, 0.1) is 22.7 Å². The predicted molar refractivity (Wildman–Crippen MR) is 301 cm³/mol. The van der Waals surface area contributed by atoms with Crippen LogP contribution in [0.3, 0.4) is 0 Å². The number of benzene rings is 11. The fraction of sp³-hybridized carbons (Fsp3) is 0.130. The van der Waals surface area contributed by atoms with Crippen LogP contribution in [0.4, 0.5) is 34.1 Å². The van der Waals surface area contributed by atoms with Crippen molar-refractivity contribution in [3.63, 3.8) is 0 Å². The number of rotatable bonds is 4. The Morgan fingerprint density at radius 2 is 0.676 bits per heavy atom. The first kappa shape index (κ1) is 41.7. The Kier molecular flexibility index (Phi) is 8.76. The minimum atomic E-state index is -0.166. The SMILES string of the molecule is CC1(C)c2ccccc2-c2ccc(-c3c4cc(N5c6ccccc6C(C)(C)c6ccccc65)ccc4c(-c4cccc5ccccc45)c4cc(N5c6ccccc6C(C)(C)c6ccccc65)ccc34)cc21. The van der Waals surface area contributed by atoms with Gasteiger partial charge in [-0.1, -0.05) is 205 Å². The molecule has 0 saturated heterocycles. The summed E-state index contributed by atoms with van der Waals surface area (Å²) in [5.74, 6) is 0. The van der Waals surface area contributed by atoms with E-state index in [2.05, 4.69) is 270 Å². The molecule has 71 heavy (non-hydrogen) atoms. The molecule has 11 aromatic rings. The molecule has 3 aliphatic rings. The van der Waals surface area contributed by atoms with E-state index in [0.717, 1.165) is 11.4 Å². The lowest BCUT2D eigenvalue weighted by Crippen LogP contribution is -2.30. The maximum atomic E-state index is 2.52. The van der Waals surface area contributed by atoms with Crippen LogP contribution >= 0.6 is 0 Å². The predicted octanol–water partition coefficient (Wildman–Crippen LogP) is 19.0. The summed E-state index contributed by atoms with van der Waals surface area (Å²) in [6, 6.07) is 82.7. The topological polar surface area (TPSA) is 6.48 Å². The monoisotopic (exact) mass is 910 g/mol. The van der Waals surface area contributed by atoms with Crippen molar-refractivity contribution in [2.24, 2.45) is 0 Å². The zero-order valence-corrected chi connectivity index (χ0v) is 41.2. The number of para-hydroxylation sites is 4. The average Bonchev–Trinajstić information content (AvgIpc) is 3.63. The van der Waals surface area contributed by atoms with Crippen molar-refractivity contribution < 1.29 is 0 Å². The van der Waals surface area contributed by atoms with Crippen molar-refractivity contribution in [3.05, 3.63) is 252 Å². The van der Waals surface area contributed by atoms with E-state index in [0.29, 0.717) is 0 Å². The van der Waals surface area contributed by atoms with Crippen molar-refractivity contribution in [2.75, 3.05) is 9.80 Å². The van der Waals surface area contributed by atoms with Crippen LogP contribution in [0.5, 0.6) is 0 Å². The van der Waals surface area contributed by atoms with Gasteiger partial charge in [0.25, 0.3) is 0 Å². The molecule has 2 heterocycles. The summed E-state index contributed by atoms with van der Waals surface area (Å²) in [6.45, 7) is 14.3. The largest absolute Gasteiger partial charge is 0.310 e. The van der Waals surface area contributed by atoms with E-state index >= 15 is 0 Å². The lowest BCUT2D eigenvalue weighted by molar-refractivity contribution is 0.632. The summed E-state index contributed by atoms with van der Waals surface area (Å²) < 4.78 is 0. The second-order valence-corrected chi connectivity index (χ2v) is 21.7. The van der Waals surface area contributed by atoms with E-state index in [1.165, 1.54) is 122 Å². The Hall–Kier alpha value is -8.20. The van der Waals surface area contributed by atoms with Gasteiger partial charge >= 0.3 is 0 Å². The lowest BCUT2D eigenvalue weighted by atomic mass is 9.73. The molecule has 2 nitrogen and oxygen atoms in total. The molecule has 11 aromatic carbocycles. The summed E-state index contributed by atoms with van der Waals surface area (Å²) in [6.07, 6.45) is 0. The number of fused-ring (bicyclic) bond motifs is 10. The molecular weight excluding hydrogens is 857 g/mol. The zero-order valence-electron chi connectivity index (χ0n) is 41.2. The molecule has 0 saturated carbocycles. The molecular formula is C69H54N2. The van der Waals surface area contributed by atoms with Crippen LogP contribution in [-0.4, -0.2) is 0 Å². The molecule has 0 atom stereocenters. The summed E-state index contributed by atoms with van der Waals surface area (Å²) >= 11 is 0. The van der Waals surface area contributed by atoms with Gasteiger partial charge in [-0.05, 0) is 154 Å². The fourth-order valence-corrected chi connectivity index (χ4v) is 13.3. The first-order chi connectivity index (χ1) is 34.5. The van der Waals surface area contributed by atoms with Crippen molar-refractivity contribution in [3.8, 4) is 33.4 Å². The molecule has 340 valence electrons. The van der Waals surface area contributed by atoms with Crippen molar-refractivity contribution in [1.82, 2.24) is 0 Å². The van der Waals surface area contributed by atoms with Crippen LogP contribution in [0.1, 0.15) is 74.9 Å². The number of anilines is 6. The Balaban J connectivity index is 1.12. The highest BCUT2D eigenvalue weighted by atomic mass is 15.2.